The molecule has 4 rings (SSSR count). The fourth-order valence-electron chi connectivity index (χ4n) is 3.23. The molecule has 3 aromatic heterocycles. The molecule has 0 N–H and O–H groups in total. The molecule has 130 valence electrons. The summed E-state index contributed by atoms with van der Waals surface area (Å²) in [6, 6.07) is 8.34. The molecule has 26 heavy (non-hydrogen) atoms. The van der Waals surface area contributed by atoms with Gasteiger partial charge in [-0.25, -0.2) is 14.5 Å². The molecule has 0 spiro atoms. The van der Waals surface area contributed by atoms with Gasteiger partial charge in [0.05, 0.1) is 6.20 Å². The number of hydrogen-bond donors (Lipinski definition) is 0. The van der Waals surface area contributed by atoms with Crippen molar-refractivity contribution < 1.29 is 4.79 Å². The second kappa shape index (κ2) is 6.22. The highest BCUT2D eigenvalue weighted by molar-refractivity contribution is 6.01. The number of fused-ring (bicyclic) bond motifs is 1. The lowest BCUT2D eigenvalue weighted by Gasteiger charge is -2.13. The van der Waals surface area contributed by atoms with Gasteiger partial charge >= 0.3 is 0 Å². The van der Waals surface area contributed by atoms with Crippen LogP contribution in [-0.2, 0) is 6.42 Å². The summed E-state index contributed by atoms with van der Waals surface area (Å²) in [5.74, 6) is -0.185. The molecule has 3 heterocycles. The number of imidazole rings is 1. The van der Waals surface area contributed by atoms with E-state index in [-0.39, 0.29) is 5.91 Å². The van der Waals surface area contributed by atoms with Crippen molar-refractivity contribution in [1.29, 1.82) is 0 Å². The van der Waals surface area contributed by atoms with Gasteiger partial charge in [-0.1, -0.05) is 24.3 Å². The maximum Gasteiger partial charge on any atom is 0.268 e. The van der Waals surface area contributed by atoms with Gasteiger partial charge in [0.2, 0.25) is 0 Å². The van der Waals surface area contributed by atoms with Gasteiger partial charge < -0.3 is 0 Å². The molecule has 0 fully saturated rings. The van der Waals surface area contributed by atoms with Crippen molar-refractivity contribution in [2.24, 2.45) is 0 Å². The van der Waals surface area contributed by atoms with Crippen LogP contribution in [0.2, 0.25) is 0 Å². The summed E-state index contributed by atoms with van der Waals surface area (Å²) in [4.78, 5) is 21.3. The number of hydrogen-bond acceptors (Lipinski definition) is 4. The highest BCUT2D eigenvalue weighted by Gasteiger charge is 2.19. The fourth-order valence-corrected chi connectivity index (χ4v) is 3.23. The lowest BCUT2D eigenvalue weighted by atomic mass is 9.99. The molecule has 6 nitrogen and oxygen atoms in total. The summed E-state index contributed by atoms with van der Waals surface area (Å²) in [6.07, 6.45) is 7.05. The second-order valence-corrected chi connectivity index (χ2v) is 6.43. The minimum absolute atomic E-state index is 0.185. The van der Waals surface area contributed by atoms with E-state index < -0.39 is 0 Å². The molecule has 0 radical (unpaired) electrons. The number of benzene rings is 1. The first-order valence-electron chi connectivity index (χ1n) is 8.47. The zero-order valence-electron chi connectivity index (χ0n) is 15.0. The first-order valence-corrected chi connectivity index (χ1v) is 8.47. The van der Waals surface area contributed by atoms with Gasteiger partial charge in [0.15, 0.2) is 5.65 Å². The average molecular weight is 345 g/mol. The van der Waals surface area contributed by atoms with Crippen molar-refractivity contribution in [1.82, 2.24) is 24.1 Å². The van der Waals surface area contributed by atoms with Crippen molar-refractivity contribution >= 4 is 11.6 Å². The monoisotopic (exact) mass is 345 g/mol. The third-order valence-corrected chi connectivity index (χ3v) is 4.81. The molecule has 0 atom stereocenters. The Morgan fingerprint density at radius 1 is 1.15 bits per heavy atom. The first-order chi connectivity index (χ1) is 12.6. The molecule has 0 saturated carbocycles. The number of carbonyl (C=O) groups is 1. The van der Waals surface area contributed by atoms with E-state index in [9.17, 15) is 4.79 Å². The Morgan fingerprint density at radius 2 is 1.96 bits per heavy atom. The highest BCUT2D eigenvalue weighted by Crippen LogP contribution is 2.22. The van der Waals surface area contributed by atoms with Crippen LogP contribution in [-0.4, -0.2) is 30.1 Å². The molecule has 1 aromatic carbocycles. The van der Waals surface area contributed by atoms with E-state index in [1.165, 1.54) is 22.0 Å². The van der Waals surface area contributed by atoms with Crippen molar-refractivity contribution in [3.8, 4) is 0 Å². The molecule has 0 saturated heterocycles. The lowest BCUT2D eigenvalue weighted by molar-refractivity contribution is 0.0961. The van der Waals surface area contributed by atoms with E-state index >= 15 is 0 Å². The largest absolute Gasteiger partial charge is 0.272 e. The Balaban J connectivity index is 1.81. The van der Waals surface area contributed by atoms with Crippen molar-refractivity contribution in [3.05, 3.63) is 82.8 Å². The maximum atomic E-state index is 12.7. The predicted molar refractivity (Wildman–Crippen MR) is 98.4 cm³/mol. The van der Waals surface area contributed by atoms with Crippen LogP contribution in [0, 0.1) is 20.8 Å². The van der Waals surface area contributed by atoms with Crippen LogP contribution in [0.4, 0.5) is 0 Å². The van der Waals surface area contributed by atoms with E-state index in [0.717, 1.165) is 23.4 Å². The van der Waals surface area contributed by atoms with Crippen LogP contribution in [0.5, 0.6) is 0 Å². The Kier molecular flexibility index (Phi) is 3.88. The molecule has 0 aliphatic carbocycles. The molecule has 6 heteroatoms. The molecular formula is C20H19N5O. The topological polar surface area (TPSA) is 65.1 Å². The first kappa shape index (κ1) is 16.2. The molecule has 0 amide bonds. The summed E-state index contributed by atoms with van der Waals surface area (Å²) < 4.78 is 3.19. The minimum atomic E-state index is -0.185. The average Bonchev–Trinajstić information content (AvgIpc) is 3.29. The van der Waals surface area contributed by atoms with Crippen LogP contribution >= 0.6 is 0 Å². The van der Waals surface area contributed by atoms with Crippen LogP contribution in [0.15, 0.2) is 49.2 Å². The van der Waals surface area contributed by atoms with E-state index in [4.69, 9.17) is 4.98 Å². The Labute approximate surface area is 151 Å². The molecular weight excluding hydrogens is 326 g/mol. The Morgan fingerprint density at radius 3 is 2.69 bits per heavy atom. The summed E-state index contributed by atoms with van der Waals surface area (Å²) in [6.45, 7) is 6.12. The Bertz CT molecular complexity index is 1110. The van der Waals surface area contributed by atoms with Gasteiger partial charge in [-0.15, -0.1) is 0 Å². The normalized spacial score (nSPS) is 11.2. The third kappa shape index (κ3) is 2.60. The third-order valence-electron chi connectivity index (χ3n) is 4.81. The lowest BCUT2D eigenvalue weighted by Crippen LogP contribution is -2.12. The van der Waals surface area contributed by atoms with Gasteiger partial charge in [-0.05, 0) is 37.5 Å². The van der Waals surface area contributed by atoms with Crippen LogP contribution in [0.1, 0.15) is 38.4 Å². The zero-order chi connectivity index (χ0) is 18.3. The van der Waals surface area contributed by atoms with E-state index in [1.807, 2.05) is 19.9 Å². The molecule has 0 unspecified atom stereocenters. The van der Waals surface area contributed by atoms with Gasteiger partial charge in [0.1, 0.15) is 11.9 Å². The standard InChI is InChI=1S/C20H19N5O/c1-13-6-4-5-7-16(13)10-17-14(2)23-19-18(11-22-25(19)15(17)3)20(26)24-9-8-21-12-24/h4-9,11-12H,10H2,1-3H3. The molecule has 0 aliphatic rings. The minimum Gasteiger partial charge on any atom is -0.272 e. The van der Waals surface area contributed by atoms with E-state index in [1.54, 1.807) is 23.1 Å². The van der Waals surface area contributed by atoms with Gasteiger partial charge in [-0.2, -0.15) is 5.10 Å². The number of nitrogens with zero attached hydrogens (tertiary/aromatic N) is 5. The number of aromatic nitrogens is 5. The molecule has 0 bridgehead atoms. The van der Waals surface area contributed by atoms with Crippen LogP contribution in [0.25, 0.3) is 5.65 Å². The summed E-state index contributed by atoms with van der Waals surface area (Å²) >= 11 is 0. The van der Waals surface area contributed by atoms with Crippen molar-refractivity contribution in [2.75, 3.05) is 0 Å². The summed E-state index contributed by atoms with van der Waals surface area (Å²) in [7, 11) is 0. The van der Waals surface area contributed by atoms with Gasteiger partial charge in [0, 0.05) is 30.2 Å². The number of rotatable bonds is 3. The van der Waals surface area contributed by atoms with Crippen molar-refractivity contribution in [2.45, 2.75) is 27.2 Å². The fraction of sp³-hybridized carbons (Fsp3) is 0.200. The SMILES string of the molecule is Cc1ccccc1Cc1c(C)nc2c(C(=O)n3ccnc3)cnn2c1C. The second-order valence-electron chi connectivity index (χ2n) is 6.43. The Hall–Kier alpha value is -3.28. The zero-order valence-corrected chi connectivity index (χ0v) is 15.0. The predicted octanol–water partition coefficient (Wildman–Crippen LogP) is 3.13. The van der Waals surface area contributed by atoms with Gasteiger partial charge in [-0.3, -0.25) is 9.36 Å². The van der Waals surface area contributed by atoms with E-state index in [2.05, 4.69) is 35.2 Å². The molecule has 4 aromatic rings. The van der Waals surface area contributed by atoms with E-state index in [0.29, 0.717) is 11.2 Å². The summed E-state index contributed by atoms with van der Waals surface area (Å²) in [5, 5.41) is 4.41. The van der Waals surface area contributed by atoms with Crippen LogP contribution < -0.4 is 0 Å². The smallest absolute Gasteiger partial charge is 0.268 e. The van der Waals surface area contributed by atoms with Gasteiger partial charge in [0.25, 0.3) is 5.91 Å². The number of aryl methyl sites for hydroxylation is 3. The van der Waals surface area contributed by atoms with Crippen LogP contribution in [0.3, 0.4) is 0 Å². The highest BCUT2D eigenvalue weighted by atomic mass is 16.2. The quantitative estimate of drug-likeness (QED) is 0.572. The summed E-state index contributed by atoms with van der Waals surface area (Å²) in [5.41, 5.74) is 6.61. The molecule has 0 aliphatic heterocycles. The maximum absolute atomic E-state index is 12.7. The van der Waals surface area contributed by atoms with Crippen molar-refractivity contribution in [3.63, 3.8) is 0 Å². The number of carbonyl (C=O) groups excluding carboxylic acids is 1.